The van der Waals surface area contributed by atoms with Crippen LogP contribution in [0.1, 0.15) is 47.0 Å². The number of rotatable bonds is 5. The van der Waals surface area contributed by atoms with Gasteiger partial charge in [-0.1, -0.05) is 13.3 Å². The summed E-state index contributed by atoms with van der Waals surface area (Å²) in [6.45, 7) is 9.70. The Morgan fingerprint density at radius 1 is 1.35 bits per heavy atom. The summed E-state index contributed by atoms with van der Waals surface area (Å²) in [6.07, 6.45) is 2.30. The molecule has 0 saturated carbocycles. The number of likely N-dealkylation sites (tertiary alicyclic amines) is 1. The lowest BCUT2D eigenvalue weighted by Gasteiger charge is -2.43. The van der Waals surface area contributed by atoms with Crippen LogP contribution >= 0.6 is 0 Å². The van der Waals surface area contributed by atoms with Gasteiger partial charge < -0.3 is 4.90 Å². The lowest BCUT2D eigenvalue weighted by atomic mass is 9.94. The van der Waals surface area contributed by atoms with Gasteiger partial charge >= 0.3 is 0 Å². The van der Waals surface area contributed by atoms with E-state index < -0.39 is 6.17 Å². The Labute approximate surface area is 106 Å². The van der Waals surface area contributed by atoms with E-state index in [2.05, 4.69) is 37.5 Å². The van der Waals surface area contributed by atoms with Crippen molar-refractivity contribution in [2.45, 2.75) is 70.8 Å². The van der Waals surface area contributed by atoms with Crippen molar-refractivity contribution in [2.24, 2.45) is 0 Å². The predicted molar refractivity (Wildman–Crippen MR) is 72.1 cm³/mol. The zero-order chi connectivity index (χ0) is 13.2. The second-order valence-corrected chi connectivity index (χ2v) is 6.40. The maximum absolute atomic E-state index is 14.2. The highest BCUT2D eigenvalue weighted by Gasteiger charge is 2.45. The van der Waals surface area contributed by atoms with E-state index in [0.29, 0.717) is 12.5 Å². The molecule has 1 aliphatic rings. The van der Waals surface area contributed by atoms with Gasteiger partial charge in [0.1, 0.15) is 6.17 Å². The van der Waals surface area contributed by atoms with Crippen LogP contribution in [0.4, 0.5) is 4.39 Å². The molecule has 0 unspecified atom stereocenters. The van der Waals surface area contributed by atoms with Crippen LogP contribution in [0.15, 0.2) is 0 Å². The smallest absolute Gasteiger partial charge is 0.118 e. The molecule has 102 valence electrons. The van der Waals surface area contributed by atoms with Crippen molar-refractivity contribution in [2.75, 3.05) is 20.6 Å². The van der Waals surface area contributed by atoms with E-state index in [1.807, 2.05) is 14.1 Å². The van der Waals surface area contributed by atoms with Crippen LogP contribution in [0.5, 0.6) is 0 Å². The lowest BCUT2D eigenvalue weighted by Crippen LogP contribution is -2.54. The molecule has 17 heavy (non-hydrogen) atoms. The fraction of sp³-hybridized carbons (Fsp3) is 1.00. The molecule has 2 nitrogen and oxygen atoms in total. The zero-order valence-corrected chi connectivity index (χ0v) is 12.3. The van der Waals surface area contributed by atoms with E-state index in [1.165, 1.54) is 0 Å². The van der Waals surface area contributed by atoms with Crippen LogP contribution in [-0.4, -0.2) is 54.2 Å². The highest BCUT2D eigenvalue weighted by molar-refractivity contribution is 5.00. The third-order valence-electron chi connectivity index (χ3n) is 3.93. The van der Waals surface area contributed by atoms with Crippen molar-refractivity contribution >= 4 is 0 Å². The van der Waals surface area contributed by atoms with Gasteiger partial charge in [0.2, 0.25) is 0 Å². The van der Waals surface area contributed by atoms with Gasteiger partial charge in [-0.2, -0.15) is 0 Å². The number of hydrogen-bond acceptors (Lipinski definition) is 2. The summed E-state index contributed by atoms with van der Waals surface area (Å²) in [5.74, 6) is 0. The summed E-state index contributed by atoms with van der Waals surface area (Å²) in [4.78, 5) is 4.52. The topological polar surface area (TPSA) is 6.48 Å². The number of nitrogens with zero attached hydrogens (tertiary/aromatic N) is 2. The summed E-state index contributed by atoms with van der Waals surface area (Å²) in [5.41, 5.74) is 0.107. The van der Waals surface area contributed by atoms with Crippen LogP contribution in [0, 0.1) is 0 Å². The van der Waals surface area contributed by atoms with E-state index in [1.54, 1.807) is 0 Å². The van der Waals surface area contributed by atoms with Crippen LogP contribution in [-0.2, 0) is 0 Å². The number of alkyl halides is 1. The summed E-state index contributed by atoms with van der Waals surface area (Å²) >= 11 is 0. The molecule has 0 aromatic rings. The Balaban J connectivity index is 2.84. The van der Waals surface area contributed by atoms with E-state index in [4.69, 9.17) is 0 Å². The molecule has 0 aromatic carbocycles. The maximum atomic E-state index is 14.2. The van der Waals surface area contributed by atoms with E-state index >= 15 is 0 Å². The van der Waals surface area contributed by atoms with Gasteiger partial charge in [-0.25, -0.2) is 4.39 Å². The van der Waals surface area contributed by atoms with Crippen LogP contribution in [0.3, 0.4) is 0 Å². The molecule has 3 atom stereocenters. The Hall–Kier alpha value is -0.150. The Morgan fingerprint density at radius 3 is 2.41 bits per heavy atom. The number of halogens is 1. The number of hydrogen-bond donors (Lipinski definition) is 0. The first-order chi connectivity index (χ1) is 7.79. The number of likely N-dealkylation sites (N-methyl/N-ethyl adjacent to an activating group) is 1. The molecule has 1 rings (SSSR count). The van der Waals surface area contributed by atoms with Crippen molar-refractivity contribution in [3.05, 3.63) is 0 Å². The van der Waals surface area contributed by atoms with E-state index in [-0.39, 0.29) is 11.6 Å². The first-order valence-corrected chi connectivity index (χ1v) is 6.86. The minimum Gasteiger partial charge on any atom is -0.308 e. The third-order valence-corrected chi connectivity index (χ3v) is 3.93. The fourth-order valence-electron chi connectivity index (χ4n) is 3.46. The van der Waals surface area contributed by atoms with Crippen molar-refractivity contribution in [3.63, 3.8) is 0 Å². The molecule has 1 heterocycles. The van der Waals surface area contributed by atoms with Crippen molar-refractivity contribution in [1.82, 2.24) is 9.80 Å². The molecule has 1 fully saturated rings. The molecular formula is C14H29FN2. The molecule has 0 spiro atoms. The monoisotopic (exact) mass is 244 g/mol. The second kappa shape index (κ2) is 5.66. The van der Waals surface area contributed by atoms with Gasteiger partial charge in [0, 0.05) is 18.1 Å². The molecular weight excluding hydrogens is 215 g/mol. The summed E-state index contributed by atoms with van der Waals surface area (Å²) in [6, 6.07) is 0.415. The first-order valence-electron chi connectivity index (χ1n) is 6.86. The Bertz CT molecular complexity index is 240. The maximum Gasteiger partial charge on any atom is 0.118 e. The molecule has 0 aliphatic carbocycles. The second-order valence-electron chi connectivity index (χ2n) is 6.40. The summed E-state index contributed by atoms with van der Waals surface area (Å²) < 4.78 is 14.2. The van der Waals surface area contributed by atoms with Gasteiger partial charge in [-0.05, 0) is 47.7 Å². The summed E-state index contributed by atoms with van der Waals surface area (Å²) in [7, 11) is 4.06. The van der Waals surface area contributed by atoms with Gasteiger partial charge in [-0.3, -0.25) is 4.90 Å². The van der Waals surface area contributed by atoms with Gasteiger partial charge in [0.25, 0.3) is 0 Å². The molecule has 3 heteroatoms. The molecule has 0 N–H and O–H groups in total. The minimum absolute atomic E-state index is 0.0570. The molecule has 1 saturated heterocycles. The van der Waals surface area contributed by atoms with Crippen molar-refractivity contribution in [3.8, 4) is 0 Å². The van der Waals surface area contributed by atoms with Crippen molar-refractivity contribution in [1.29, 1.82) is 0 Å². The van der Waals surface area contributed by atoms with Gasteiger partial charge in [-0.15, -0.1) is 0 Å². The summed E-state index contributed by atoms with van der Waals surface area (Å²) in [5, 5.41) is 0. The van der Waals surface area contributed by atoms with Crippen LogP contribution < -0.4 is 0 Å². The highest BCUT2D eigenvalue weighted by atomic mass is 19.1. The van der Waals surface area contributed by atoms with E-state index in [0.717, 1.165) is 19.4 Å². The molecule has 0 radical (unpaired) electrons. The largest absolute Gasteiger partial charge is 0.308 e. The predicted octanol–water partition coefficient (Wildman–Crippen LogP) is 2.93. The zero-order valence-electron chi connectivity index (χ0n) is 12.3. The Morgan fingerprint density at radius 2 is 1.94 bits per heavy atom. The van der Waals surface area contributed by atoms with E-state index in [9.17, 15) is 4.39 Å². The highest BCUT2D eigenvalue weighted by Crippen LogP contribution is 2.36. The SMILES string of the molecule is CCCC(C)(C)N1[C@H](C)C[C@@H](F)[C@@H]1CN(C)C. The van der Waals surface area contributed by atoms with Crippen LogP contribution in [0.25, 0.3) is 0 Å². The average Bonchev–Trinajstić information content (AvgIpc) is 2.40. The normalized spacial score (nSPS) is 31.4. The fourth-order valence-corrected chi connectivity index (χ4v) is 3.46. The van der Waals surface area contributed by atoms with Crippen molar-refractivity contribution < 1.29 is 4.39 Å². The minimum atomic E-state index is -0.677. The quantitative estimate of drug-likeness (QED) is 0.733. The third kappa shape index (κ3) is 3.41. The average molecular weight is 244 g/mol. The molecule has 0 amide bonds. The van der Waals surface area contributed by atoms with Gasteiger partial charge in [0.15, 0.2) is 0 Å². The molecule has 1 aliphatic heterocycles. The van der Waals surface area contributed by atoms with Crippen LogP contribution in [0.2, 0.25) is 0 Å². The molecule has 0 aromatic heterocycles. The lowest BCUT2D eigenvalue weighted by molar-refractivity contribution is 0.0368. The molecule has 0 bridgehead atoms. The first kappa shape index (κ1) is 14.9. The van der Waals surface area contributed by atoms with Gasteiger partial charge in [0.05, 0.1) is 6.04 Å². The standard InChI is InChI=1S/C14H29FN2/c1-7-8-14(3,4)17-11(2)9-12(15)13(17)10-16(5)6/h11-13H,7-10H2,1-6H3/t11-,12-,13+/m1/s1. The Kier molecular flexibility index (Phi) is 4.96.